The first kappa shape index (κ1) is 9.78. The number of benzene rings is 1. The first-order valence-corrected chi connectivity index (χ1v) is 5.27. The number of hydrogen-bond acceptors (Lipinski definition) is 3. The predicted molar refractivity (Wildman–Crippen MR) is 64.8 cm³/mol. The van der Waals surface area contributed by atoms with Crippen molar-refractivity contribution in [3.8, 4) is 11.3 Å². The summed E-state index contributed by atoms with van der Waals surface area (Å²) in [4.78, 5) is 15.2. The van der Waals surface area contributed by atoms with Gasteiger partial charge in [-0.25, -0.2) is 0 Å². The predicted octanol–water partition coefficient (Wildman–Crippen LogP) is 3.31. The van der Waals surface area contributed by atoms with E-state index >= 15 is 0 Å². The van der Waals surface area contributed by atoms with E-state index < -0.39 is 0 Å². The number of pyridine rings is 1. The van der Waals surface area contributed by atoms with Gasteiger partial charge in [-0.05, 0) is 18.2 Å². The fourth-order valence-electron chi connectivity index (χ4n) is 1.90. The molecule has 0 spiro atoms. The summed E-state index contributed by atoms with van der Waals surface area (Å²) >= 11 is 0. The number of furan rings is 1. The van der Waals surface area contributed by atoms with Crippen molar-refractivity contribution in [1.29, 1.82) is 0 Å². The van der Waals surface area contributed by atoms with Gasteiger partial charge in [0.05, 0.1) is 5.56 Å². The van der Waals surface area contributed by atoms with Crippen LogP contribution in [0.4, 0.5) is 0 Å². The van der Waals surface area contributed by atoms with E-state index in [1.165, 1.54) is 0 Å². The zero-order valence-corrected chi connectivity index (χ0v) is 8.96. The number of hydrogen-bond donors (Lipinski definition) is 0. The van der Waals surface area contributed by atoms with Crippen molar-refractivity contribution in [1.82, 2.24) is 4.98 Å². The van der Waals surface area contributed by atoms with E-state index in [0.717, 1.165) is 22.8 Å². The van der Waals surface area contributed by atoms with Gasteiger partial charge in [-0.2, -0.15) is 0 Å². The highest BCUT2D eigenvalue weighted by Gasteiger charge is 2.14. The Hall–Kier alpha value is -2.42. The van der Waals surface area contributed by atoms with E-state index in [1.54, 1.807) is 12.4 Å². The molecule has 0 unspecified atom stereocenters. The van der Waals surface area contributed by atoms with Crippen LogP contribution in [0.2, 0.25) is 0 Å². The lowest BCUT2D eigenvalue weighted by atomic mass is 10.1. The second kappa shape index (κ2) is 3.87. The number of aldehydes is 1. The molecule has 0 bridgehead atoms. The lowest BCUT2D eigenvalue weighted by Gasteiger charge is -1.95. The summed E-state index contributed by atoms with van der Waals surface area (Å²) in [6, 6.07) is 11.2. The fourth-order valence-corrected chi connectivity index (χ4v) is 1.90. The van der Waals surface area contributed by atoms with Crippen molar-refractivity contribution >= 4 is 17.3 Å². The second-order valence-electron chi connectivity index (χ2n) is 3.69. The fraction of sp³-hybridized carbons (Fsp3) is 0. The quantitative estimate of drug-likeness (QED) is 0.626. The van der Waals surface area contributed by atoms with E-state index in [2.05, 4.69) is 4.98 Å². The van der Waals surface area contributed by atoms with Crippen LogP contribution in [0.1, 0.15) is 10.4 Å². The molecule has 0 saturated heterocycles. The lowest BCUT2D eigenvalue weighted by Crippen LogP contribution is -1.82. The Bertz CT molecular complexity index is 671. The molecule has 0 aliphatic rings. The van der Waals surface area contributed by atoms with Gasteiger partial charge in [-0.15, -0.1) is 0 Å². The topological polar surface area (TPSA) is 43.1 Å². The first-order valence-electron chi connectivity index (χ1n) is 5.27. The van der Waals surface area contributed by atoms with E-state index in [1.807, 2.05) is 36.4 Å². The minimum Gasteiger partial charge on any atom is -0.455 e. The van der Waals surface area contributed by atoms with Crippen LogP contribution in [0.5, 0.6) is 0 Å². The van der Waals surface area contributed by atoms with Crippen molar-refractivity contribution in [2.24, 2.45) is 0 Å². The molecule has 0 aliphatic heterocycles. The molecule has 2 aromatic heterocycles. The smallest absolute Gasteiger partial charge is 0.154 e. The number of carbonyl (C=O) groups is 1. The van der Waals surface area contributed by atoms with Crippen molar-refractivity contribution in [2.75, 3.05) is 0 Å². The SMILES string of the molecule is O=Cc1c(-c2ccncc2)oc2ccccc12. The number of rotatable bonds is 2. The molecule has 2 heterocycles. The zero-order chi connectivity index (χ0) is 11.7. The highest BCUT2D eigenvalue weighted by atomic mass is 16.3. The van der Waals surface area contributed by atoms with Gasteiger partial charge in [-0.1, -0.05) is 18.2 Å². The molecule has 0 N–H and O–H groups in total. The summed E-state index contributed by atoms with van der Waals surface area (Å²) in [6.45, 7) is 0. The summed E-state index contributed by atoms with van der Waals surface area (Å²) in [5.41, 5.74) is 2.17. The van der Waals surface area contributed by atoms with E-state index in [9.17, 15) is 4.79 Å². The maximum absolute atomic E-state index is 11.2. The van der Waals surface area contributed by atoms with Gasteiger partial charge in [-0.3, -0.25) is 9.78 Å². The first-order chi connectivity index (χ1) is 8.40. The number of fused-ring (bicyclic) bond motifs is 1. The van der Waals surface area contributed by atoms with Crippen molar-refractivity contribution in [2.45, 2.75) is 0 Å². The number of carbonyl (C=O) groups excluding carboxylic acids is 1. The highest BCUT2D eigenvalue weighted by molar-refractivity contribution is 6.02. The van der Waals surface area contributed by atoms with Gasteiger partial charge in [0, 0.05) is 23.3 Å². The van der Waals surface area contributed by atoms with Crippen LogP contribution in [-0.4, -0.2) is 11.3 Å². The Morgan fingerprint density at radius 2 is 1.82 bits per heavy atom. The maximum Gasteiger partial charge on any atom is 0.154 e. The van der Waals surface area contributed by atoms with E-state index in [-0.39, 0.29) is 0 Å². The molecule has 17 heavy (non-hydrogen) atoms. The Balaban J connectivity index is 2.33. The van der Waals surface area contributed by atoms with Gasteiger partial charge in [0.2, 0.25) is 0 Å². The van der Waals surface area contributed by atoms with E-state index in [4.69, 9.17) is 4.42 Å². The summed E-state index contributed by atoms with van der Waals surface area (Å²) in [7, 11) is 0. The third-order valence-corrected chi connectivity index (χ3v) is 2.69. The van der Waals surface area contributed by atoms with Crippen LogP contribution in [-0.2, 0) is 0 Å². The van der Waals surface area contributed by atoms with Crippen LogP contribution in [0, 0.1) is 0 Å². The number of aromatic nitrogens is 1. The van der Waals surface area contributed by atoms with Gasteiger partial charge < -0.3 is 4.42 Å². The normalized spacial score (nSPS) is 10.6. The summed E-state index contributed by atoms with van der Waals surface area (Å²) in [5.74, 6) is 0.601. The maximum atomic E-state index is 11.2. The minimum absolute atomic E-state index is 0.590. The van der Waals surface area contributed by atoms with Crippen molar-refractivity contribution < 1.29 is 9.21 Å². The van der Waals surface area contributed by atoms with Gasteiger partial charge in [0.15, 0.2) is 6.29 Å². The van der Waals surface area contributed by atoms with Gasteiger partial charge in [0.25, 0.3) is 0 Å². The van der Waals surface area contributed by atoms with Crippen LogP contribution < -0.4 is 0 Å². The second-order valence-corrected chi connectivity index (χ2v) is 3.69. The van der Waals surface area contributed by atoms with Gasteiger partial charge >= 0.3 is 0 Å². The standard InChI is InChI=1S/C14H9NO2/c16-9-12-11-3-1-2-4-13(11)17-14(12)10-5-7-15-8-6-10/h1-9H. The molecule has 0 fully saturated rings. The van der Waals surface area contributed by atoms with E-state index in [0.29, 0.717) is 11.3 Å². The molecule has 0 atom stereocenters. The Morgan fingerprint density at radius 3 is 2.59 bits per heavy atom. The largest absolute Gasteiger partial charge is 0.455 e. The average Bonchev–Trinajstić information content (AvgIpc) is 2.78. The van der Waals surface area contributed by atoms with Crippen molar-refractivity contribution in [3.63, 3.8) is 0 Å². The van der Waals surface area contributed by atoms with Crippen LogP contribution >= 0.6 is 0 Å². The molecular weight excluding hydrogens is 214 g/mol. The molecule has 0 aliphatic carbocycles. The number of para-hydroxylation sites is 1. The molecule has 0 amide bonds. The lowest BCUT2D eigenvalue weighted by molar-refractivity contribution is 0.112. The highest BCUT2D eigenvalue weighted by Crippen LogP contribution is 2.31. The molecule has 3 aromatic rings. The van der Waals surface area contributed by atoms with Crippen LogP contribution in [0.25, 0.3) is 22.3 Å². The molecule has 0 radical (unpaired) electrons. The Kier molecular flexibility index (Phi) is 2.22. The molecule has 0 saturated carbocycles. The third-order valence-electron chi connectivity index (χ3n) is 2.69. The zero-order valence-electron chi connectivity index (χ0n) is 8.96. The van der Waals surface area contributed by atoms with Gasteiger partial charge in [0.1, 0.15) is 11.3 Å². The number of nitrogens with zero attached hydrogens (tertiary/aromatic N) is 1. The summed E-state index contributed by atoms with van der Waals surface area (Å²) in [5, 5.41) is 0.842. The molecule has 3 heteroatoms. The van der Waals surface area contributed by atoms with Crippen molar-refractivity contribution in [3.05, 3.63) is 54.4 Å². The third kappa shape index (κ3) is 1.52. The molecular formula is C14H9NO2. The van der Waals surface area contributed by atoms with Crippen LogP contribution in [0.15, 0.2) is 53.2 Å². The monoisotopic (exact) mass is 223 g/mol. The molecule has 1 aromatic carbocycles. The molecule has 3 nitrogen and oxygen atoms in total. The average molecular weight is 223 g/mol. The molecule has 3 rings (SSSR count). The van der Waals surface area contributed by atoms with Crippen LogP contribution in [0.3, 0.4) is 0 Å². The minimum atomic E-state index is 0.590. The summed E-state index contributed by atoms with van der Waals surface area (Å²) in [6.07, 6.45) is 4.19. The Morgan fingerprint density at radius 1 is 1.06 bits per heavy atom. The Labute approximate surface area is 97.7 Å². The molecule has 82 valence electrons. The summed E-state index contributed by atoms with van der Waals surface area (Å²) < 4.78 is 5.72.